The minimum Gasteiger partial charge on any atom is -0.378 e. The fourth-order valence-corrected chi connectivity index (χ4v) is 1.89. The Labute approximate surface area is 77.6 Å². The van der Waals surface area contributed by atoms with E-state index >= 15 is 0 Å². The van der Waals surface area contributed by atoms with Gasteiger partial charge in [0.15, 0.2) is 0 Å². The quantitative estimate of drug-likeness (QED) is 0.665. The van der Waals surface area contributed by atoms with Crippen LogP contribution >= 0.6 is 15.9 Å². The Hall–Kier alpha value is 0.440. The lowest BCUT2D eigenvalue weighted by Crippen LogP contribution is -2.10. The normalized spacial score (nSPS) is 29.2. The minimum absolute atomic E-state index is 0.428. The minimum atomic E-state index is 0.428. The largest absolute Gasteiger partial charge is 0.378 e. The van der Waals surface area contributed by atoms with E-state index < -0.39 is 0 Å². The standard InChI is InChI=1S/C9H17BrO/c1-9(2)6-8(11-7-9)4-3-5-10/h8H,3-7H2,1-2H3. The van der Waals surface area contributed by atoms with Crippen LogP contribution in [0.5, 0.6) is 0 Å². The molecule has 1 saturated heterocycles. The average Bonchev–Trinajstić information content (AvgIpc) is 2.26. The molecular formula is C9H17BrO. The molecule has 0 bridgehead atoms. The molecule has 1 atom stereocenters. The Morgan fingerprint density at radius 3 is 2.73 bits per heavy atom. The second-order valence-corrected chi connectivity index (χ2v) is 4.93. The van der Waals surface area contributed by atoms with Gasteiger partial charge in [-0.05, 0) is 24.7 Å². The highest BCUT2D eigenvalue weighted by Crippen LogP contribution is 2.33. The first kappa shape index (κ1) is 9.53. The molecule has 1 unspecified atom stereocenters. The Morgan fingerprint density at radius 1 is 1.55 bits per heavy atom. The van der Waals surface area contributed by atoms with Crippen LogP contribution in [0.4, 0.5) is 0 Å². The van der Waals surface area contributed by atoms with Gasteiger partial charge in [-0.2, -0.15) is 0 Å². The zero-order valence-electron chi connectivity index (χ0n) is 7.40. The van der Waals surface area contributed by atoms with Crippen molar-refractivity contribution >= 4 is 15.9 Å². The first-order valence-corrected chi connectivity index (χ1v) is 5.44. The van der Waals surface area contributed by atoms with Gasteiger partial charge in [0.1, 0.15) is 0 Å². The second kappa shape index (κ2) is 3.90. The summed E-state index contributed by atoms with van der Waals surface area (Å²) in [4.78, 5) is 0. The molecule has 0 spiro atoms. The maximum atomic E-state index is 5.65. The molecule has 0 aromatic rings. The number of ether oxygens (including phenoxy) is 1. The van der Waals surface area contributed by atoms with E-state index in [1.54, 1.807) is 0 Å². The predicted octanol–water partition coefficient (Wildman–Crippen LogP) is 2.98. The molecule has 0 radical (unpaired) electrons. The van der Waals surface area contributed by atoms with Crippen LogP contribution < -0.4 is 0 Å². The van der Waals surface area contributed by atoms with Crippen LogP contribution in [0, 0.1) is 5.41 Å². The average molecular weight is 221 g/mol. The smallest absolute Gasteiger partial charge is 0.0581 e. The zero-order valence-corrected chi connectivity index (χ0v) is 8.99. The molecule has 0 aromatic heterocycles. The molecule has 66 valence electrons. The van der Waals surface area contributed by atoms with Crippen molar-refractivity contribution in [2.45, 2.75) is 39.2 Å². The van der Waals surface area contributed by atoms with Gasteiger partial charge in [-0.25, -0.2) is 0 Å². The molecule has 0 amide bonds. The predicted molar refractivity (Wildman–Crippen MR) is 51.2 cm³/mol. The van der Waals surface area contributed by atoms with E-state index in [0.717, 1.165) is 11.9 Å². The molecule has 11 heavy (non-hydrogen) atoms. The summed E-state index contributed by atoms with van der Waals surface area (Å²) in [7, 11) is 0. The number of rotatable bonds is 3. The Balaban J connectivity index is 2.20. The van der Waals surface area contributed by atoms with Gasteiger partial charge in [-0.3, -0.25) is 0 Å². The van der Waals surface area contributed by atoms with Crippen LogP contribution in [0.1, 0.15) is 33.1 Å². The summed E-state index contributed by atoms with van der Waals surface area (Å²) in [5, 5.41) is 1.10. The summed E-state index contributed by atoms with van der Waals surface area (Å²) in [5.74, 6) is 0. The molecule has 2 heteroatoms. The Bertz CT molecular complexity index is 123. The third-order valence-corrected chi connectivity index (χ3v) is 2.71. The van der Waals surface area contributed by atoms with Gasteiger partial charge < -0.3 is 4.74 Å². The monoisotopic (exact) mass is 220 g/mol. The molecule has 1 fully saturated rings. The second-order valence-electron chi connectivity index (χ2n) is 4.13. The lowest BCUT2D eigenvalue weighted by atomic mass is 9.90. The summed E-state index contributed by atoms with van der Waals surface area (Å²) >= 11 is 3.43. The van der Waals surface area contributed by atoms with Gasteiger partial charge in [0.05, 0.1) is 12.7 Å². The highest BCUT2D eigenvalue weighted by atomic mass is 79.9. The van der Waals surface area contributed by atoms with Crippen LogP contribution in [0.2, 0.25) is 0 Å². The van der Waals surface area contributed by atoms with E-state index in [9.17, 15) is 0 Å². The molecule has 0 N–H and O–H groups in total. The molecule has 0 saturated carbocycles. The molecule has 1 rings (SSSR count). The summed E-state index contributed by atoms with van der Waals surface area (Å²) in [6.45, 7) is 5.50. The number of hydrogen-bond donors (Lipinski definition) is 0. The molecule has 0 aliphatic carbocycles. The maximum Gasteiger partial charge on any atom is 0.0581 e. The lowest BCUT2D eigenvalue weighted by Gasteiger charge is -2.13. The highest BCUT2D eigenvalue weighted by Gasteiger charge is 2.31. The van der Waals surface area contributed by atoms with Gasteiger partial charge in [0.25, 0.3) is 0 Å². The molecule has 1 nitrogen and oxygen atoms in total. The number of hydrogen-bond acceptors (Lipinski definition) is 1. The zero-order chi connectivity index (χ0) is 8.32. The maximum absolute atomic E-state index is 5.65. The molecule has 1 aliphatic rings. The van der Waals surface area contributed by atoms with Crippen molar-refractivity contribution in [3.8, 4) is 0 Å². The van der Waals surface area contributed by atoms with E-state index in [0.29, 0.717) is 11.5 Å². The van der Waals surface area contributed by atoms with E-state index in [-0.39, 0.29) is 0 Å². The van der Waals surface area contributed by atoms with Crippen molar-refractivity contribution in [2.75, 3.05) is 11.9 Å². The highest BCUT2D eigenvalue weighted by molar-refractivity contribution is 9.09. The van der Waals surface area contributed by atoms with E-state index in [2.05, 4.69) is 29.8 Å². The van der Waals surface area contributed by atoms with Crippen LogP contribution in [0.15, 0.2) is 0 Å². The molecule has 1 aliphatic heterocycles. The third-order valence-electron chi connectivity index (χ3n) is 2.15. The molecular weight excluding hydrogens is 204 g/mol. The van der Waals surface area contributed by atoms with Gasteiger partial charge in [0.2, 0.25) is 0 Å². The molecule has 1 heterocycles. The van der Waals surface area contributed by atoms with Crippen molar-refractivity contribution in [3.05, 3.63) is 0 Å². The van der Waals surface area contributed by atoms with Crippen molar-refractivity contribution in [1.29, 1.82) is 0 Å². The fourth-order valence-electron chi connectivity index (χ4n) is 1.57. The summed E-state index contributed by atoms with van der Waals surface area (Å²) < 4.78 is 5.65. The topological polar surface area (TPSA) is 9.23 Å². The summed E-state index contributed by atoms with van der Waals surface area (Å²) in [6, 6.07) is 0. The van der Waals surface area contributed by atoms with Crippen LogP contribution in [0.25, 0.3) is 0 Å². The van der Waals surface area contributed by atoms with Crippen molar-refractivity contribution in [1.82, 2.24) is 0 Å². The van der Waals surface area contributed by atoms with E-state index in [1.165, 1.54) is 19.3 Å². The lowest BCUT2D eigenvalue weighted by molar-refractivity contribution is 0.0936. The fraction of sp³-hybridized carbons (Fsp3) is 1.00. The van der Waals surface area contributed by atoms with Gasteiger partial charge in [-0.1, -0.05) is 29.8 Å². The van der Waals surface area contributed by atoms with Gasteiger partial charge >= 0.3 is 0 Å². The third kappa shape index (κ3) is 3.12. The van der Waals surface area contributed by atoms with Gasteiger partial charge in [-0.15, -0.1) is 0 Å². The summed E-state index contributed by atoms with van der Waals surface area (Å²) in [5.41, 5.74) is 0.428. The van der Waals surface area contributed by atoms with Crippen LogP contribution in [-0.2, 0) is 4.74 Å². The SMILES string of the molecule is CC1(C)COC(CCCBr)C1. The Morgan fingerprint density at radius 2 is 2.27 bits per heavy atom. The van der Waals surface area contributed by atoms with Crippen molar-refractivity contribution in [2.24, 2.45) is 5.41 Å². The first-order chi connectivity index (χ1) is 5.14. The van der Waals surface area contributed by atoms with Crippen LogP contribution in [-0.4, -0.2) is 18.0 Å². The molecule has 0 aromatic carbocycles. The van der Waals surface area contributed by atoms with Crippen molar-refractivity contribution < 1.29 is 4.74 Å². The number of alkyl halides is 1. The summed E-state index contributed by atoms with van der Waals surface area (Å²) in [6.07, 6.45) is 4.22. The van der Waals surface area contributed by atoms with Crippen molar-refractivity contribution in [3.63, 3.8) is 0 Å². The van der Waals surface area contributed by atoms with Crippen LogP contribution in [0.3, 0.4) is 0 Å². The van der Waals surface area contributed by atoms with Gasteiger partial charge in [0, 0.05) is 5.33 Å². The van der Waals surface area contributed by atoms with E-state index in [4.69, 9.17) is 4.74 Å². The number of halogens is 1. The Kier molecular flexibility index (Phi) is 3.38. The van der Waals surface area contributed by atoms with E-state index in [1.807, 2.05) is 0 Å². The first-order valence-electron chi connectivity index (χ1n) is 4.32.